The van der Waals surface area contributed by atoms with Crippen LogP contribution in [0.2, 0.25) is 0 Å². The van der Waals surface area contributed by atoms with Crippen LogP contribution in [-0.2, 0) is 16.0 Å². The molecule has 3 rings (SSSR count). The van der Waals surface area contributed by atoms with E-state index in [9.17, 15) is 9.59 Å². The van der Waals surface area contributed by atoms with Crippen molar-refractivity contribution in [3.63, 3.8) is 0 Å². The Bertz CT molecular complexity index is 616. The van der Waals surface area contributed by atoms with Crippen LogP contribution in [0.5, 0.6) is 0 Å². The summed E-state index contributed by atoms with van der Waals surface area (Å²) in [5, 5.41) is 13.5. The molecule has 6 nitrogen and oxygen atoms in total. The molecule has 0 radical (unpaired) electrons. The number of carbonyl (C=O) groups excluding carboxylic acids is 2. The van der Waals surface area contributed by atoms with Crippen molar-refractivity contribution in [2.75, 3.05) is 0 Å². The lowest BCUT2D eigenvalue weighted by molar-refractivity contribution is -0.129. The quantitative estimate of drug-likeness (QED) is 0.738. The SMILES string of the molecule is Cc1n[nH]c(C)c1C[C@H](C)C(=O)N[C@@H]1CCC[C@@H](C(=O)NC2CC2)C1. The van der Waals surface area contributed by atoms with E-state index in [0.717, 1.165) is 55.5 Å². The van der Waals surface area contributed by atoms with Gasteiger partial charge in [0.1, 0.15) is 0 Å². The maximum Gasteiger partial charge on any atom is 0.223 e. The van der Waals surface area contributed by atoms with Crippen molar-refractivity contribution in [1.82, 2.24) is 20.8 Å². The average Bonchev–Trinajstić information content (AvgIpc) is 3.35. The Hall–Kier alpha value is -1.85. The number of rotatable bonds is 6. The molecule has 0 aromatic carbocycles. The molecule has 138 valence electrons. The molecule has 2 saturated carbocycles. The Morgan fingerprint density at radius 1 is 1.16 bits per heavy atom. The number of aromatic nitrogens is 2. The zero-order valence-corrected chi connectivity index (χ0v) is 15.5. The summed E-state index contributed by atoms with van der Waals surface area (Å²) in [4.78, 5) is 24.8. The first kappa shape index (κ1) is 18.0. The van der Waals surface area contributed by atoms with Crippen LogP contribution in [0.25, 0.3) is 0 Å². The predicted octanol–water partition coefficient (Wildman–Crippen LogP) is 2.16. The second-order valence-corrected chi connectivity index (χ2v) is 7.87. The number of aromatic amines is 1. The highest BCUT2D eigenvalue weighted by Gasteiger charge is 2.32. The van der Waals surface area contributed by atoms with E-state index < -0.39 is 0 Å². The lowest BCUT2D eigenvalue weighted by Gasteiger charge is -2.30. The third-order valence-electron chi connectivity index (χ3n) is 5.55. The molecule has 1 aromatic heterocycles. The molecule has 0 bridgehead atoms. The van der Waals surface area contributed by atoms with Gasteiger partial charge >= 0.3 is 0 Å². The number of nitrogens with one attached hydrogen (secondary N) is 3. The van der Waals surface area contributed by atoms with E-state index in [1.54, 1.807) is 0 Å². The van der Waals surface area contributed by atoms with Gasteiger partial charge in [0.05, 0.1) is 5.69 Å². The Morgan fingerprint density at radius 2 is 1.92 bits per heavy atom. The maximum absolute atomic E-state index is 12.6. The summed E-state index contributed by atoms with van der Waals surface area (Å²) < 4.78 is 0. The minimum atomic E-state index is -0.101. The molecule has 2 amide bonds. The van der Waals surface area contributed by atoms with Crippen molar-refractivity contribution in [3.8, 4) is 0 Å². The first-order valence-electron chi connectivity index (χ1n) is 9.55. The Labute approximate surface area is 149 Å². The summed E-state index contributed by atoms with van der Waals surface area (Å²) in [6, 6.07) is 0.522. The van der Waals surface area contributed by atoms with Gasteiger partial charge in [0.25, 0.3) is 0 Å². The van der Waals surface area contributed by atoms with E-state index in [0.29, 0.717) is 12.5 Å². The zero-order valence-electron chi connectivity index (χ0n) is 15.5. The molecule has 0 unspecified atom stereocenters. The van der Waals surface area contributed by atoms with Gasteiger partial charge in [-0.2, -0.15) is 5.10 Å². The summed E-state index contributed by atoms with van der Waals surface area (Å²) in [6.07, 6.45) is 6.59. The molecule has 1 aromatic rings. The number of nitrogens with zero attached hydrogens (tertiary/aromatic N) is 1. The first-order valence-corrected chi connectivity index (χ1v) is 9.55. The largest absolute Gasteiger partial charge is 0.353 e. The fourth-order valence-corrected chi connectivity index (χ4v) is 3.72. The van der Waals surface area contributed by atoms with Crippen molar-refractivity contribution >= 4 is 11.8 Å². The molecule has 25 heavy (non-hydrogen) atoms. The minimum absolute atomic E-state index is 0.0494. The number of aryl methyl sites for hydroxylation is 2. The highest BCUT2D eigenvalue weighted by Crippen LogP contribution is 2.27. The van der Waals surface area contributed by atoms with Gasteiger partial charge in [-0.25, -0.2) is 0 Å². The van der Waals surface area contributed by atoms with Gasteiger partial charge in [0, 0.05) is 29.6 Å². The molecule has 1 heterocycles. The summed E-state index contributed by atoms with van der Waals surface area (Å²) >= 11 is 0. The summed E-state index contributed by atoms with van der Waals surface area (Å²) in [5.74, 6) is 0.205. The molecule has 2 aliphatic carbocycles. The predicted molar refractivity (Wildman–Crippen MR) is 96.0 cm³/mol. The smallest absolute Gasteiger partial charge is 0.223 e. The Kier molecular flexibility index (Phi) is 5.45. The minimum Gasteiger partial charge on any atom is -0.353 e. The van der Waals surface area contributed by atoms with Crippen molar-refractivity contribution < 1.29 is 9.59 Å². The zero-order chi connectivity index (χ0) is 18.0. The second kappa shape index (κ2) is 7.58. The molecule has 0 saturated heterocycles. The van der Waals surface area contributed by atoms with E-state index in [1.807, 2.05) is 20.8 Å². The van der Waals surface area contributed by atoms with Crippen LogP contribution in [0.1, 0.15) is 62.4 Å². The van der Waals surface area contributed by atoms with Crippen LogP contribution >= 0.6 is 0 Å². The Balaban J connectivity index is 1.50. The molecule has 2 fully saturated rings. The highest BCUT2D eigenvalue weighted by molar-refractivity contribution is 5.80. The molecule has 3 atom stereocenters. The first-order chi connectivity index (χ1) is 11.9. The number of carbonyl (C=O) groups is 2. The van der Waals surface area contributed by atoms with Crippen molar-refractivity contribution in [2.45, 2.75) is 77.8 Å². The van der Waals surface area contributed by atoms with E-state index in [2.05, 4.69) is 20.8 Å². The van der Waals surface area contributed by atoms with Crippen LogP contribution < -0.4 is 10.6 Å². The summed E-state index contributed by atoms with van der Waals surface area (Å²) in [6.45, 7) is 5.92. The van der Waals surface area contributed by atoms with Crippen molar-refractivity contribution in [3.05, 3.63) is 17.0 Å². The van der Waals surface area contributed by atoms with E-state index in [-0.39, 0.29) is 29.7 Å². The normalized spacial score (nSPS) is 24.6. The van der Waals surface area contributed by atoms with Gasteiger partial charge in [-0.1, -0.05) is 13.3 Å². The fourth-order valence-electron chi connectivity index (χ4n) is 3.72. The molecule has 0 spiro atoms. The van der Waals surface area contributed by atoms with Gasteiger partial charge in [-0.15, -0.1) is 0 Å². The molecular formula is C19H30N4O2. The summed E-state index contributed by atoms with van der Waals surface area (Å²) in [5.41, 5.74) is 3.13. The topological polar surface area (TPSA) is 86.9 Å². The van der Waals surface area contributed by atoms with Crippen LogP contribution in [0.4, 0.5) is 0 Å². The van der Waals surface area contributed by atoms with Crippen LogP contribution in [0, 0.1) is 25.7 Å². The van der Waals surface area contributed by atoms with Gasteiger partial charge in [0.2, 0.25) is 11.8 Å². The number of H-pyrrole nitrogens is 1. The van der Waals surface area contributed by atoms with Gasteiger partial charge in [0.15, 0.2) is 0 Å². The molecule has 6 heteroatoms. The lowest BCUT2D eigenvalue weighted by Crippen LogP contribution is -2.44. The second-order valence-electron chi connectivity index (χ2n) is 7.87. The monoisotopic (exact) mass is 346 g/mol. The highest BCUT2D eigenvalue weighted by atomic mass is 16.2. The van der Waals surface area contributed by atoms with Crippen LogP contribution in [0.15, 0.2) is 0 Å². The van der Waals surface area contributed by atoms with E-state index in [1.165, 1.54) is 0 Å². The number of hydrogen-bond donors (Lipinski definition) is 3. The number of amides is 2. The number of hydrogen-bond acceptors (Lipinski definition) is 3. The molecule has 0 aliphatic heterocycles. The molecular weight excluding hydrogens is 316 g/mol. The maximum atomic E-state index is 12.6. The third kappa shape index (κ3) is 4.61. The van der Waals surface area contributed by atoms with E-state index in [4.69, 9.17) is 0 Å². The van der Waals surface area contributed by atoms with Crippen molar-refractivity contribution in [1.29, 1.82) is 0 Å². The van der Waals surface area contributed by atoms with Gasteiger partial charge < -0.3 is 10.6 Å². The lowest BCUT2D eigenvalue weighted by atomic mass is 9.84. The average molecular weight is 346 g/mol. The van der Waals surface area contributed by atoms with Crippen LogP contribution in [-0.4, -0.2) is 34.1 Å². The third-order valence-corrected chi connectivity index (χ3v) is 5.55. The fraction of sp³-hybridized carbons (Fsp3) is 0.737. The summed E-state index contributed by atoms with van der Waals surface area (Å²) in [7, 11) is 0. The molecule has 2 aliphatic rings. The van der Waals surface area contributed by atoms with Crippen molar-refractivity contribution in [2.24, 2.45) is 11.8 Å². The Morgan fingerprint density at radius 3 is 2.56 bits per heavy atom. The molecule has 3 N–H and O–H groups in total. The standard InChI is InChI=1S/C19H30N4O2/c1-11(9-17-12(2)22-23-13(17)3)18(24)21-16-6-4-5-14(10-16)19(25)20-15-7-8-15/h11,14-16H,4-10H2,1-3H3,(H,20,25)(H,21,24)(H,22,23)/t11-,14+,16+/m0/s1. The van der Waals surface area contributed by atoms with Gasteiger partial charge in [-0.05, 0) is 57.9 Å². The van der Waals surface area contributed by atoms with E-state index >= 15 is 0 Å². The van der Waals surface area contributed by atoms with Gasteiger partial charge in [-0.3, -0.25) is 14.7 Å². The van der Waals surface area contributed by atoms with Crippen LogP contribution in [0.3, 0.4) is 0 Å².